The molecule has 6 rings (SSSR count). The van der Waals surface area contributed by atoms with Crippen LogP contribution in [0.4, 0.5) is 4.39 Å². The maximum atomic E-state index is 14.3. The van der Waals surface area contributed by atoms with Gasteiger partial charge in [-0.15, -0.1) is 0 Å². The molecule has 0 unspecified atom stereocenters. The lowest BCUT2D eigenvalue weighted by atomic mass is 9.98. The molecule has 0 atom stereocenters. The van der Waals surface area contributed by atoms with Gasteiger partial charge in [-0.3, -0.25) is 5.10 Å². The minimum atomic E-state index is -0.314. The summed E-state index contributed by atoms with van der Waals surface area (Å²) in [6.07, 6.45) is 3.04. The summed E-state index contributed by atoms with van der Waals surface area (Å²) in [4.78, 5) is 13.5. The summed E-state index contributed by atoms with van der Waals surface area (Å²) in [6.45, 7) is 6.31. The van der Waals surface area contributed by atoms with Crippen molar-refractivity contribution in [3.63, 3.8) is 0 Å². The van der Waals surface area contributed by atoms with Gasteiger partial charge in [0.1, 0.15) is 17.3 Å². The van der Waals surface area contributed by atoms with Gasteiger partial charge in [-0.2, -0.15) is 5.10 Å². The molecule has 0 fully saturated rings. The number of aryl methyl sites for hydroxylation is 3. The van der Waals surface area contributed by atoms with Crippen LogP contribution in [-0.4, -0.2) is 40.6 Å². The summed E-state index contributed by atoms with van der Waals surface area (Å²) in [5.74, 6) is 0.0696. The Bertz CT molecular complexity index is 1720. The Morgan fingerprint density at radius 1 is 1.07 bits per heavy atom. The van der Waals surface area contributed by atoms with Gasteiger partial charge < -0.3 is 18.8 Å². The number of aromatic nitrogens is 3. The molecule has 8 heteroatoms. The number of ether oxygens (including phenoxy) is 3. The number of carbonyl (C=O) groups is 1. The lowest BCUT2D eigenvalue weighted by molar-refractivity contribution is 0.0512. The number of rotatable bonds is 7. The van der Waals surface area contributed by atoms with E-state index in [4.69, 9.17) is 14.2 Å². The van der Waals surface area contributed by atoms with Crippen molar-refractivity contribution < 1.29 is 23.4 Å². The quantitative estimate of drug-likeness (QED) is 0.160. The number of fused-ring (bicyclic) bond motifs is 3. The van der Waals surface area contributed by atoms with Crippen molar-refractivity contribution in [1.82, 2.24) is 14.8 Å². The van der Waals surface area contributed by atoms with Crippen LogP contribution < -0.4 is 4.74 Å². The summed E-state index contributed by atoms with van der Waals surface area (Å²) in [7, 11) is 0. The van der Waals surface area contributed by atoms with Gasteiger partial charge in [0.25, 0.3) is 0 Å². The molecule has 1 N–H and O–H groups in total. The molecule has 3 aromatic carbocycles. The summed E-state index contributed by atoms with van der Waals surface area (Å²) >= 11 is 0. The average molecular weight is 572 g/mol. The second-order valence-corrected chi connectivity index (χ2v) is 10.4. The van der Waals surface area contributed by atoms with Crippen molar-refractivity contribution in [3.8, 4) is 16.9 Å². The number of H-pyrrole nitrogens is 1. The maximum Gasteiger partial charge on any atom is 0.355 e. The Balaban J connectivity index is 0.00000353. The summed E-state index contributed by atoms with van der Waals surface area (Å²) < 4.78 is 34.1. The maximum absolute atomic E-state index is 14.3. The molecule has 42 heavy (non-hydrogen) atoms. The van der Waals surface area contributed by atoms with Gasteiger partial charge in [0, 0.05) is 46.1 Å². The molecule has 0 amide bonds. The SMILES string of the molecule is C.CCOC(=O)c1c(CCCOc2ccc(F)c3ccccc23)c2cccc3c2n1CCCCOCc1n[nH]c(C)c1-3. The van der Waals surface area contributed by atoms with E-state index in [0.29, 0.717) is 62.6 Å². The number of esters is 1. The Hall–Kier alpha value is -4.17. The molecule has 1 aliphatic rings. The molecule has 0 spiro atoms. The normalized spacial score (nSPS) is 13.3. The van der Waals surface area contributed by atoms with Crippen molar-refractivity contribution in [2.75, 3.05) is 19.8 Å². The van der Waals surface area contributed by atoms with Gasteiger partial charge in [0.05, 0.1) is 31.0 Å². The number of aromatic amines is 1. The molecule has 220 valence electrons. The minimum absolute atomic E-state index is 0. The standard InChI is InChI=1S/C33H34FN3O4.CH4/c1-3-40-33(38)32-25(14-9-19-41-29-16-15-27(34)22-10-4-5-11-23(22)29)24-12-8-13-26-30-21(2)35-36-28(30)20-39-18-7-6-17-37(32)31(24)26;/h4-5,8,10-13,15-16H,3,6-7,9,14,17-20H2,1-2H3,(H,35,36);1H4. The first kappa shape index (κ1) is 29.3. The molecule has 7 nitrogen and oxygen atoms in total. The summed E-state index contributed by atoms with van der Waals surface area (Å²) in [6, 6.07) is 16.7. The van der Waals surface area contributed by atoms with Crippen molar-refractivity contribution in [1.29, 1.82) is 0 Å². The van der Waals surface area contributed by atoms with Gasteiger partial charge in [-0.25, -0.2) is 9.18 Å². The largest absolute Gasteiger partial charge is 0.493 e. The first-order chi connectivity index (χ1) is 20.1. The number of para-hydroxylation sites is 1. The van der Waals surface area contributed by atoms with Crippen LogP contribution in [0, 0.1) is 12.7 Å². The third-order valence-corrected chi connectivity index (χ3v) is 7.77. The average Bonchev–Trinajstić information content (AvgIpc) is 3.50. The molecule has 0 bridgehead atoms. The highest BCUT2D eigenvalue weighted by molar-refractivity contribution is 6.05. The first-order valence-electron chi connectivity index (χ1n) is 14.3. The Morgan fingerprint density at radius 2 is 1.88 bits per heavy atom. The number of carbonyl (C=O) groups excluding carboxylic acids is 1. The Kier molecular flexibility index (Phi) is 8.92. The fourth-order valence-corrected chi connectivity index (χ4v) is 5.97. The predicted octanol–water partition coefficient (Wildman–Crippen LogP) is 7.77. The molecule has 2 aromatic heterocycles. The fraction of sp³-hybridized carbons (Fsp3) is 0.353. The molecule has 3 heterocycles. The monoisotopic (exact) mass is 571 g/mol. The van der Waals surface area contributed by atoms with Crippen molar-refractivity contribution in [2.24, 2.45) is 0 Å². The van der Waals surface area contributed by atoms with Crippen LogP contribution >= 0.6 is 0 Å². The molecule has 5 aromatic rings. The van der Waals surface area contributed by atoms with E-state index < -0.39 is 0 Å². The highest BCUT2D eigenvalue weighted by Crippen LogP contribution is 2.38. The Labute approximate surface area is 245 Å². The zero-order chi connectivity index (χ0) is 28.3. The van der Waals surface area contributed by atoms with Crippen LogP contribution in [0.25, 0.3) is 32.8 Å². The topological polar surface area (TPSA) is 78.4 Å². The second-order valence-electron chi connectivity index (χ2n) is 10.4. The van der Waals surface area contributed by atoms with E-state index in [-0.39, 0.29) is 19.2 Å². The van der Waals surface area contributed by atoms with Crippen LogP contribution in [0.5, 0.6) is 5.75 Å². The van der Waals surface area contributed by atoms with Crippen molar-refractivity contribution in [2.45, 2.75) is 60.1 Å². The third kappa shape index (κ3) is 5.39. The van der Waals surface area contributed by atoms with E-state index >= 15 is 0 Å². The molecule has 0 saturated heterocycles. The number of nitrogens with zero attached hydrogens (tertiary/aromatic N) is 2. The minimum Gasteiger partial charge on any atom is -0.493 e. The van der Waals surface area contributed by atoms with Crippen molar-refractivity contribution >= 4 is 27.6 Å². The van der Waals surface area contributed by atoms with Crippen LogP contribution in [0.1, 0.15) is 61.1 Å². The number of halogens is 1. The van der Waals surface area contributed by atoms with E-state index in [1.54, 1.807) is 12.1 Å². The van der Waals surface area contributed by atoms with Gasteiger partial charge in [-0.1, -0.05) is 49.9 Å². The van der Waals surface area contributed by atoms with Crippen LogP contribution in [-0.2, 0) is 29.0 Å². The molecule has 0 saturated carbocycles. The fourth-order valence-electron chi connectivity index (χ4n) is 5.97. The molecular formula is C34H38FN3O4. The molecule has 0 aliphatic carbocycles. The third-order valence-electron chi connectivity index (χ3n) is 7.77. The van der Waals surface area contributed by atoms with Gasteiger partial charge >= 0.3 is 5.97 Å². The summed E-state index contributed by atoms with van der Waals surface area (Å²) in [5.41, 5.74) is 6.45. The highest BCUT2D eigenvalue weighted by atomic mass is 19.1. The van der Waals surface area contributed by atoms with Gasteiger partial charge in [0.2, 0.25) is 0 Å². The van der Waals surface area contributed by atoms with Crippen LogP contribution in [0.3, 0.4) is 0 Å². The Morgan fingerprint density at radius 3 is 2.71 bits per heavy atom. The van der Waals surface area contributed by atoms with E-state index in [2.05, 4.69) is 26.9 Å². The van der Waals surface area contributed by atoms with E-state index in [9.17, 15) is 9.18 Å². The summed E-state index contributed by atoms with van der Waals surface area (Å²) in [5, 5.41) is 9.99. The number of nitrogens with one attached hydrogen (secondary N) is 1. The van der Waals surface area contributed by atoms with Crippen LogP contribution in [0.2, 0.25) is 0 Å². The van der Waals surface area contributed by atoms with Crippen molar-refractivity contribution in [3.05, 3.63) is 83.1 Å². The van der Waals surface area contributed by atoms with Gasteiger partial charge in [-0.05, 0) is 57.2 Å². The second kappa shape index (κ2) is 12.8. The zero-order valence-electron chi connectivity index (χ0n) is 23.5. The highest BCUT2D eigenvalue weighted by Gasteiger charge is 2.27. The zero-order valence-corrected chi connectivity index (χ0v) is 23.5. The molecular weight excluding hydrogens is 533 g/mol. The van der Waals surface area contributed by atoms with Gasteiger partial charge in [0.15, 0.2) is 0 Å². The number of hydrogen-bond donors (Lipinski definition) is 1. The lowest BCUT2D eigenvalue weighted by Gasteiger charge is -2.13. The molecule has 0 radical (unpaired) electrons. The number of hydrogen-bond acceptors (Lipinski definition) is 5. The smallest absolute Gasteiger partial charge is 0.355 e. The lowest BCUT2D eigenvalue weighted by Crippen LogP contribution is -2.15. The first-order valence-corrected chi connectivity index (χ1v) is 14.3. The van der Waals surface area contributed by atoms with E-state index in [1.165, 1.54) is 6.07 Å². The van der Waals surface area contributed by atoms with E-state index in [0.717, 1.165) is 57.2 Å². The number of benzene rings is 3. The van der Waals surface area contributed by atoms with E-state index in [1.807, 2.05) is 38.1 Å². The predicted molar refractivity (Wildman–Crippen MR) is 164 cm³/mol. The molecule has 1 aliphatic heterocycles. The van der Waals surface area contributed by atoms with Crippen LogP contribution in [0.15, 0.2) is 54.6 Å².